The molecular weight excluding hydrogens is 287 g/mol. The second-order valence-electron chi connectivity index (χ2n) is 3.76. The normalized spacial score (nSPS) is 10.3. The Bertz CT molecular complexity index is 430. The number of imidazole rings is 1. The zero-order valence-electron chi connectivity index (χ0n) is 9.00. The van der Waals surface area contributed by atoms with Crippen LogP contribution in [-0.4, -0.2) is 4.57 Å². The van der Waals surface area contributed by atoms with Gasteiger partial charge in [-0.2, -0.15) is 0 Å². The molecule has 0 bridgehead atoms. The molecule has 0 aliphatic carbocycles. The molecule has 1 aromatic carbocycles. The van der Waals surface area contributed by atoms with Crippen LogP contribution >= 0.6 is 0 Å². The van der Waals surface area contributed by atoms with Crippen LogP contribution in [0.4, 0.5) is 0 Å². The van der Waals surface area contributed by atoms with Crippen LogP contribution in [0.15, 0.2) is 18.5 Å². The molecule has 0 radical (unpaired) electrons. The zero-order chi connectivity index (χ0) is 9.59. The van der Waals surface area contributed by atoms with E-state index < -0.39 is 0 Å². The van der Waals surface area contributed by atoms with E-state index in [0.717, 1.165) is 0 Å². The van der Waals surface area contributed by atoms with Crippen LogP contribution in [0, 0.1) is 13.8 Å². The fourth-order valence-electron chi connectivity index (χ4n) is 1.73. The van der Waals surface area contributed by atoms with E-state index >= 15 is 0 Å². The van der Waals surface area contributed by atoms with Gasteiger partial charge in [-0.05, 0) is 37.1 Å². The highest BCUT2D eigenvalue weighted by Crippen LogP contribution is 2.15. The Labute approximate surface area is 102 Å². The summed E-state index contributed by atoms with van der Waals surface area (Å²) in [5.41, 5.74) is 5.31. The highest BCUT2D eigenvalue weighted by atomic mass is 127. The van der Waals surface area contributed by atoms with Crippen LogP contribution in [0.3, 0.4) is 0 Å². The van der Waals surface area contributed by atoms with E-state index in [1.54, 1.807) is 0 Å². The molecule has 1 aromatic heterocycles. The Kier molecular flexibility index (Phi) is 3.19. The van der Waals surface area contributed by atoms with E-state index in [4.69, 9.17) is 0 Å². The van der Waals surface area contributed by atoms with E-state index in [2.05, 4.69) is 55.5 Å². The van der Waals surface area contributed by atoms with Gasteiger partial charge in [0, 0.05) is 0 Å². The standard InChI is InChI=1S/C11H15N2.HI/c1-8-5-10-11(6-9(8)2)13(4)7-12(10)3;/h5-7H,1-4H3;1H/q+1;/p-1. The lowest BCUT2D eigenvalue weighted by Crippen LogP contribution is -3.00. The molecule has 2 aromatic rings. The van der Waals surface area contributed by atoms with Gasteiger partial charge >= 0.3 is 0 Å². The first-order valence-electron chi connectivity index (χ1n) is 4.51. The summed E-state index contributed by atoms with van der Waals surface area (Å²) < 4.78 is 4.31. The molecule has 0 spiro atoms. The van der Waals surface area contributed by atoms with Crippen molar-refractivity contribution in [3.63, 3.8) is 0 Å². The molecular formula is C11H15IN2. The number of hydrogen-bond acceptors (Lipinski definition) is 0. The zero-order valence-corrected chi connectivity index (χ0v) is 11.2. The quantitative estimate of drug-likeness (QED) is 0.419. The fraction of sp³-hybridized carbons (Fsp3) is 0.364. The maximum Gasteiger partial charge on any atom is 0.244 e. The Morgan fingerprint density at radius 3 is 2.36 bits per heavy atom. The van der Waals surface area contributed by atoms with Crippen LogP contribution in [-0.2, 0) is 14.1 Å². The number of rotatable bonds is 0. The molecule has 0 aliphatic rings. The van der Waals surface area contributed by atoms with Crippen LogP contribution < -0.4 is 28.5 Å². The maximum absolute atomic E-state index is 2.24. The largest absolute Gasteiger partial charge is 1.00 e. The smallest absolute Gasteiger partial charge is 0.244 e. The molecule has 0 fully saturated rings. The molecule has 0 aliphatic heterocycles. The van der Waals surface area contributed by atoms with Gasteiger partial charge in [-0.25, -0.2) is 9.13 Å². The summed E-state index contributed by atoms with van der Waals surface area (Å²) in [4.78, 5) is 0. The number of benzene rings is 1. The van der Waals surface area contributed by atoms with E-state index in [9.17, 15) is 0 Å². The first-order valence-corrected chi connectivity index (χ1v) is 4.51. The van der Waals surface area contributed by atoms with Gasteiger partial charge in [0.25, 0.3) is 0 Å². The molecule has 3 heteroatoms. The average molecular weight is 302 g/mol. The van der Waals surface area contributed by atoms with Crippen molar-refractivity contribution < 1.29 is 28.5 Å². The summed E-state index contributed by atoms with van der Waals surface area (Å²) in [7, 11) is 4.16. The van der Waals surface area contributed by atoms with Crippen molar-refractivity contribution in [3.8, 4) is 0 Å². The Morgan fingerprint density at radius 1 is 1.14 bits per heavy atom. The van der Waals surface area contributed by atoms with Gasteiger partial charge in [0.2, 0.25) is 6.33 Å². The summed E-state index contributed by atoms with van der Waals surface area (Å²) in [5.74, 6) is 0. The van der Waals surface area contributed by atoms with Crippen molar-refractivity contribution in [1.29, 1.82) is 0 Å². The SMILES string of the molecule is Cc1cc2c(cc1C)[n+](C)cn2C.[I-]. The number of hydrogen-bond donors (Lipinski definition) is 0. The van der Waals surface area contributed by atoms with E-state index in [1.165, 1.54) is 22.2 Å². The molecule has 0 unspecified atom stereocenters. The summed E-state index contributed by atoms with van der Waals surface area (Å²) in [5, 5.41) is 0. The lowest BCUT2D eigenvalue weighted by Gasteiger charge is -1.97. The molecule has 2 rings (SSSR count). The van der Waals surface area contributed by atoms with Crippen molar-refractivity contribution in [2.75, 3.05) is 0 Å². The molecule has 14 heavy (non-hydrogen) atoms. The molecule has 0 amide bonds. The van der Waals surface area contributed by atoms with Gasteiger partial charge in [-0.3, -0.25) is 0 Å². The van der Waals surface area contributed by atoms with Crippen LogP contribution in [0.25, 0.3) is 11.0 Å². The fourth-order valence-corrected chi connectivity index (χ4v) is 1.73. The molecule has 0 atom stereocenters. The molecule has 0 saturated heterocycles. The van der Waals surface area contributed by atoms with Crippen molar-refractivity contribution in [2.45, 2.75) is 13.8 Å². The maximum atomic E-state index is 2.24. The third kappa shape index (κ3) is 1.65. The minimum absolute atomic E-state index is 0. The molecule has 76 valence electrons. The molecule has 0 N–H and O–H groups in total. The predicted octanol–water partition coefficient (Wildman–Crippen LogP) is -1.38. The Hall–Kier alpha value is -0.580. The third-order valence-electron chi connectivity index (χ3n) is 2.70. The van der Waals surface area contributed by atoms with Crippen LogP contribution in [0.1, 0.15) is 11.1 Å². The number of nitrogens with zero attached hydrogens (tertiary/aromatic N) is 2. The lowest BCUT2D eigenvalue weighted by atomic mass is 10.1. The summed E-state index contributed by atoms with van der Waals surface area (Å²) in [6.07, 6.45) is 2.10. The van der Waals surface area contributed by atoms with Crippen LogP contribution in [0.2, 0.25) is 0 Å². The summed E-state index contributed by atoms with van der Waals surface area (Å²) >= 11 is 0. The van der Waals surface area contributed by atoms with Crippen molar-refractivity contribution in [3.05, 3.63) is 29.6 Å². The second kappa shape index (κ2) is 3.88. The first kappa shape index (κ1) is 11.5. The van der Waals surface area contributed by atoms with E-state index in [-0.39, 0.29) is 24.0 Å². The Balaban J connectivity index is 0.000000980. The minimum Gasteiger partial charge on any atom is -1.00 e. The Morgan fingerprint density at radius 2 is 1.71 bits per heavy atom. The third-order valence-corrected chi connectivity index (χ3v) is 2.70. The molecule has 0 saturated carbocycles. The van der Waals surface area contributed by atoms with Gasteiger partial charge in [0.1, 0.15) is 0 Å². The van der Waals surface area contributed by atoms with Gasteiger partial charge < -0.3 is 24.0 Å². The topological polar surface area (TPSA) is 8.81 Å². The lowest BCUT2D eigenvalue weighted by molar-refractivity contribution is -0.645. The van der Waals surface area contributed by atoms with Crippen LogP contribution in [0.5, 0.6) is 0 Å². The van der Waals surface area contributed by atoms with E-state index in [0.29, 0.717) is 0 Å². The number of aryl methyl sites for hydroxylation is 4. The number of halogens is 1. The van der Waals surface area contributed by atoms with Crippen molar-refractivity contribution in [1.82, 2.24) is 4.57 Å². The first-order chi connectivity index (χ1) is 6.09. The monoisotopic (exact) mass is 302 g/mol. The number of fused-ring (bicyclic) bond motifs is 1. The number of aromatic nitrogens is 2. The average Bonchev–Trinajstić information content (AvgIpc) is 2.31. The summed E-state index contributed by atoms with van der Waals surface area (Å²) in [6, 6.07) is 4.48. The van der Waals surface area contributed by atoms with Crippen molar-refractivity contribution in [2.24, 2.45) is 14.1 Å². The van der Waals surface area contributed by atoms with Gasteiger partial charge in [0.05, 0.1) is 14.1 Å². The van der Waals surface area contributed by atoms with E-state index in [1.807, 2.05) is 0 Å². The van der Waals surface area contributed by atoms with Gasteiger partial charge in [-0.1, -0.05) is 0 Å². The highest BCUT2D eigenvalue weighted by Gasteiger charge is 2.10. The summed E-state index contributed by atoms with van der Waals surface area (Å²) in [6.45, 7) is 4.31. The predicted molar refractivity (Wildman–Crippen MR) is 53.6 cm³/mol. The second-order valence-corrected chi connectivity index (χ2v) is 3.76. The van der Waals surface area contributed by atoms with Gasteiger partial charge in [0.15, 0.2) is 11.0 Å². The molecule has 2 nitrogen and oxygen atoms in total. The highest BCUT2D eigenvalue weighted by molar-refractivity contribution is 5.74. The van der Waals surface area contributed by atoms with Crippen molar-refractivity contribution >= 4 is 11.0 Å². The molecule has 1 heterocycles. The minimum atomic E-state index is 0. The van der Waals surface area contributed by atoms with Gasteiger partial charge in [-0.15, -0.1) is 0 Å².